The molecule has 0 aliphatic carbocycles. The summed E-state index contributed by atoms with van der Waals surface area (Å²) >= 11 is 0. The SMILES string of the molecule is C=CN=C/C(=C\C)c1cccnc1.CC. The topological polar surface area (TPSA) is 25.2 Å². The normalized spacial score (nSPS) is 10.7. The van der Waals surface area contributed by atoms with E-state index in [1.807, 2.05) is 45.2 Å². The highest BCUT2D eigenvalue weighted by molar-refractivity contribution is 6.09. The van der Waals surface area contributed by atoms with Gasteiger partial charge in [0.1, 0.15) is 0 Å². The Kier molecular flexibility index (Phi) is 7.87. The van der Waals surface area contributed by atoms with E-state index in [1.165, 1.54) is 6.20 Å². The Balaban J connectivity index is 0.000000921. The molecule has 0 amide bonds. The molecule has 1 heterocycles. The average molecular weight is 202 g/mol. The second-order valence-corrected chi connectivity index (χ2v) is 2.45. The van der Waals surface area contributed by atoms with E-state index in [9.17, 15) is 0 Å². The van der Waals surface area contributed by atoms with Gasteiger partial charge in [-0.05, 0) is 18.6 Å². The van der Waals surface area contributed by atoms with E-state index in [0.717, 1.165) is 11.1 Å². The van der Waals surface area contributed by atoms with E-state index in [4.69, 9.17) is 0 Å². The third kappa shape index (κ3) is 4.91. The van der Waals surface area contributed by atoms with Crippen molar-refractivity contribution < 1.29 is 0 Å². The standard InChI is InChI=1S/C11H12N2.C2H6/c1-3-10(8-12-4-2)11-6-5-7-13-9-11;1-2/h3-9H,2H2,1H3;1-2H3/b10-3+,12-8?;. The summed E-state index contributed by atoms with van der Waals surface area (Å²) < 4.78 is 0. The van der Waals surface area contributed by atoms with Gasteiger partial charge in [0.2, 0.25) is 0 Å². The van der Waals surface area contributed by atoms with E-state index < -0.39 is 0 Å². The van der Waals surface area contributed by atoms with Gasteiger partial charge < -0.3 is 0 Å². The van der Waals surface area contributed by atoms with Crippen LogP contribution in [-0.4, -0.2) is 11.2 Å². The molecule has 80 valence electrons. The van der Waals surface area contributed by atoms with Crippen LogP contribution in [0.3, 0.4) is 0 Å². The molecule has 0 aliphatic rings. The molecule has 0 N–H and O–H groups in total. The van der Waals surface area contributed by atoms with Gasteiger partial charge in [-0.2, -0.15) is 0 Å². The van der Waals surface area contributed by atoms with Crippen molar-refractivity contribution in [3.05, 3.63) is 48.9 Å². The third-order valence-corrected chi connectivity index (χ3v) is 1.62. The monoisotopic (exact) mass is 202 g/mol. The number of hydrogen-bond acceptors (Lipinski definition) is 2. The van der Waals surface area contributed by atoms with Gasteiger partial charge in [-0.25, -0.2) is 0 Å². The lowest BCUT2D eigenvalue weighted by Gasteiger charge is -1.98. The lowest BCUT2D eigenvalue weighted by atomic mass is 10.1. The molecule has 0 bridgehead atoms. The Bertz CT molecular complexity index is 324. The maximum absolute atomic E-state index is 4.03. The highest BCUT2D eigenvalue weighted by atomic mass is 14.7. The highest BCUT2D eigenvalue weighted by Crippen LogP contribution is 2.09. The van der Waals surface area contributed by atoms with Crippen LogP contribution in [-0.2, 0) is 0 Å². The quantitative estimate of drug-likeness (QED) is 0.686. The Labute approximate surface area is 92.1 Å². The highest BCUT2D eigenvalue weighted by Gasteiger charge is 1.94. The van der Waals surface area contributed by atoms with E-state index in [-0.39, 0.29) is 0 Å². The van der Waals surface area contributed by atoms with E-state index in [0.29, 0.717) is 0 Å². The van der Waals surface area contributed by atoms with Crippen LogP contribution < -0.4 is 0 Å². The second-order valence-electron chi connectivity index (χ2n) is 2.45. The van der Waals surface area contributed by atoms with Crippen LogP contribution in [0.2, 0.25) is 0 Å². The zero-order valence-corrected chi connectivity index (χ0v) is 9.64. The number of aromatic nitrogens is 1. The lowest BCUT2D eigenvalue weighted by molar-refractivity contribution is 1.31. The summed E-state index contributed by atoms with van der Waals surface area (Å²) in [6.45, 7) is 9.49. The minimum Gasteiger partial charge on any atom is -0.265 e. The maximum atomic E-state index is 4.03. The summed E-state index contributed by atoms with van der Waals surface area (Å²) in [5.74, 6) is 0. The van der Waals surface area contributed by atoms with Gasteiger partial charge in [0, 0.05) is 30.4 Å². The van der Waals surface area contributed by atoms with E-state index in [1.54, 1.807) is 12.4 Å². The average Bonchev–Trinajstić information content (AvgIpc) is 2.34. The first-order valence-electron chi connectivity index (χ1n) is 5.09. The van der Waals surface area contributed by atoms with Crippen molar-refractivity contribution in [1.29, 1.82) is 0 Å². The summed E-state index contributed by atoms with van der Waals surface area (Å²) in [5.41, 5.74) is 2.11. The Morgan fingerprint density at radius 3 is 2.67 bits per heavy atom. The smallest absolute Gasteiger partial charge is 0.0346 e. The van der Waals surface area contributed by atoms with Crippen molar-refractivity contribution in [2.45, 2.75) is 20.8 Å². The van der Waals surface area contributed by atoms with E-state index >= 15 is 0 Å². The number of hydrogen-bond donors (Lipinski definition) is 0. The van der Waals surface area contributed by atoms with Crippen LogP contribution in [0.5, 0.6) is 0 Å². The summed E-state index contributed by atoms with van der Waals surface area (Å²) in [7, 11) is 0. The molecule has 2 heteroatoms. The molecule has 0 aliphatic heterocycles. The van der Waals surface area contributed by atoms with Crippen LogP contribution in [0.4, 0.5) is 0 Å². The Hall–Kier alpha value is -1.70. The minimum atomic E-state index is 1.05. The molecular formula is C13H18N2. The maximum Gasteiger partial charge on any atom is 0.0346 e. The molecule has 0 spiro atoms. The Morgan fingerprint density at radius 1 is 1.47 bits per heavy atom. The van der Waals surface area contributed by atoms with Crippen molar-refractivity contribution in [3.8, 4) is 0 Å². The number of pyridine rings is 1. The van der Waals surface area contributed by atoms with Crippen LogP contribution in [0.25, 0.3) is 5.57 Å². The zero-order chi connectivity index (χ0) is 11.5. The minimum absolute atomic E-state index is 1.05. The first-order chi connectivity index (χ1) is 7.38. The molecule has 0 radical (unpaired) electrons. The van der Waals surface area contributed by atoms with E-state index in [2.05, 4.69) is 16.6 Å². The summed E-state index contributed by atoms with van der Waals surface area (Å²) in [6, 6.07) is 3.90. The molecular weight excluding hydrogens is 184 g/mol. The first-order valence-corrected chi connectivity index (χ1v) is 5.09. The van der Waals surface area contributed by atoms with Crippen molar-refractivity contribution in [2.24, 2.45) is 4.99 Å². The number of nitrogens with zero attached hydrogens (tertiary/aromatic N) is 2. The molecule has 2 nitrogen and oxygen atoms in total. The fraction of sp³-hybridized carbons (Fsp3) is 0.231. The molecule has 0 atom stereocenters. The van der Waals surface area contributed by atoms with Crippen molar-refractivity contribution in [3.63, 3.8) is 0 Å². The predicted molar refractivity (Wildman–Crippen MR) is 67.9 cm³/mol. The van der Waals surface area contributed by atoms with Crippen molar-refractivity contribution in [2.75, 3.05) is 0 Å². The van der Waals surface area contributed by atoms with Crippen LogP contribution in [0.1, 0.15) is 26.3 Å². The molecule has 0 aromatic carbocycles. The first kappa shape index (κ1) is 13.3. The molecule has 1 aromatic rings. The second kappa shape index (κ2) is 8.88. The van der Waals surface area contributed by atoms with Gasteiger partial charge >= 0.3 is 0 Å². The fourth-order valence-corrected chi connectivity index (χ4v) is 0.982. The van der Waals surface area contributed by atoms with Crippen LogP contribution in [0.15, 0.2) is 48.4 Å². The molecule has 0 unspecified atom stereocenters. The summed E-state index contributed by atoms with van der Waals surface area (Å²) in [4.78, 5) is 8.00. The lowest BCUT2D eigenvalue weighted by Crippen LogP contribution is -1.85. The third-order valence-electron chi connectivity index (χ3n) is 1.62. The van der Waals surface area contributed by atoms with Gasteiger partial charge in [-0.1, -0.05) is 32.6 Å². The number of rotatable bonds is 3. The molecule has 1 aromatic heterocycles. The van der Waals surface area contributed by atoms with Gasteiger partial charge in [-0.15, -0.1) is 0 Å². The molecule has 1 rings (SSSR count). The fourth-order valence-electron chi connectivity index (χ4n) is 0.982. The van der Waals surface area contributed by atoms with Gasteiger partial charge in [0.15, 0.2) is 0 Å². The zero-order valence-electron chi connectivity index (χ0n) is 9.64. The van der Waals surface area contributed by atoms with Crippen LogP contribution >= 0.6 is 0 Å². The number of allylic oxidation sites excluding steroid dienone is 2. The molecule has 0 saturated heterocycles. The van der Waals surface area contributed by atoms with Gasteiger partial charge in [-0.3, -0.25) is 9.98 Å². The Morgan fingerprint density at radius 2 is 2.20 bits per heavy atom. The summed E-state index contributed by atoms with van der Waals surface area (Å²) in [6.07, 6.45) is 8.83. The number of aliphatic imine (C=N–C) groups is 1. The van der Waals surface area contributed by atoms with Crippen molar-refractivity contribution in [1.82, 2.24) is 4.98 Å². The van der Waals surface area contributed by atoms with Gasteiger partial charge in [0.25, 0.3) is 0 Å². The van der Waals surface area contributed by atoms with Crippen molar-refractivity contribution >= 4 is 11.8 Å². The molecule has 0 saturated carbocycles. The van der Waals surface area contributed by atoms with Gasteiger partial charge in [0.05, 0.1) is 0 Å². The predicted octanol–water partition coefficient (Wildman–Crippen LogP) is 3.73. The largest absolute Gasteiger partial charge is 0.265 e. The van der Waals surface area contributed by atoms with Crippen LogP contribution in [0, 0.1) is 0 Å². The molecule has 15 heavy (non-hydrogen) atoms. The molecule has 0 fully saturated rings. The summed E-state index contributed by atoms with van der Waals surface area (Å²) in [5, 5.41) is 0.